The van der Waals surface area contributed by atoms with Gasteiger partial charge >= 0.3 is 5.97 Å². The molecule has 0 aromatic carbocycles. The molecule has 4 nitrogen and oxygen atoms in total. The maximum Gasteiger partial charge on any atom is 0.333 e. The van der Waals surface area contributed by atoms with Gasteiger partial charge in [0.15, 0.2) is 6.10 Å². The Kier molecular flexibility index (Phi) is 4.11. The van der Waals surface area contributed by atoms with E-state index in [9.17, 15) is 4.79 Å². The fourth-order valence-electron chi connectivity index (χ4n) is 1.76. The smallest absolute Gasteiger partial charge is 0.333 e. The third-order valence-corrected chi connectivity index (χ3v) is 2.63. The van der Waals surface area contributed by atoms with Crippen molar-refractivity contribution in [2.75, 3.05) is 13.1 Å². The number of nitrogens with one attached hydrogen (secondary N) is 1. The van der Waals surface area contributed by atoms with Crippen molar-refractivity contribution in [1.29, 1.82) is 0 Å². The van der Waals surface area contributed by atoms with Gasteiger partial charge in [-0.05, 0) is 31.3 Å². The van der Waals surface area contributed by atoms with Crippen LogP contribution in [0.15, 0.2) is 0 Å². The Morgan fingerprint density at radius 2 is 1.93 bits per heavy atom. The largest absolute Gasteiger partial charge is 0.479 e. The highest BCUT2D eigenvalue weighted by Crippen LogP contribution is 2.25. The molecule has 0 bridgehead atoms. The highest BCUT2D eigenvalue weighted by atomic mass is 16.5. The van der Waals surface area contributed by atoms with E-state index in [1.807, 2.05) is 20.8 Å². The van der Waals surface area contributed by atoms with Gasteiger partial charge in [0.25, 0.3) is 0 Å². The summed E-state index contributed by atoms with van der Waals surface area (Å²) in [6, 6.07) is 0. The van der Waals surface area contributed by atoms with Crippen molar-refractivity contribution in [2.24, 2.45) is 5.41 Å². The Morgan fingerprint density at radius 3 is 2.33 bits per heavy atom. The van der Waals surface area contributed by atoms with Crippen molar-refractivity contribution >= 4 is 5.97 Å². The molecule has 1 fully saturated rings. The van der Waals surface area contributed by atoms with Crippen molar-refractivity contribution < 1.29 is 14.6 Å². The topological polar surface area (TPSA) is 58.6 Å². The minimum absolute atomic E-state index is 0.0894. The Bertz CT molecular complexity index is 216. The van der Waals surface area contributed by atoms with Gasteiger partial charge in [-0.2, -0.15) is 0 Å². The Hall–Kier alpha value is -0.610. The number of carboxylic acid groups (broad SMARTS) is 1. The van der Waals surface area contributed by atoms with Gasteiger partial charge in [0, 0.05) is 0 Å². The lowest BCUT2D eigenvalue weighted by Gasteiger charge is -2.32. The van der Waals surface area contributed by atoms with E-state index < -0.39 is 12.1 Å². The molecule has 0 aromatic heterocycles. The minimum atomic E-state index is -0.860. The molecule has 1 aliphatic heterocycles. The number of carboxylic acids is 1. The molecule has 15 heavy (non-hydrogen) atoms. The number of ether oxygens (including phenoxy) is 1. The van der Waals surface area contributed by atoms with Gasteiger partial charge in [-0.1, -0.05) is 20.8 Å². The van der Waals surface area contributed by atoms with Crippen molar-refractivity contribution in [1.82, 2.24) is 5.32 Å². The van der Waals surface area contributed by atoms with E-state index in [2.05, 4.69) is 5.32 Å². The van der Waals surface area contributed by atoms with Crippen LogP contribution < -0.4 is 5.32 Å². The number of aliphatic carboxylic acids is 1. The van der Waals surface area contributed by atoms with Crippen LogP contribution in [0.4, 0.5) is 0 Å². The summed E-state index contributed by atoms with van der Waals surface area (Å²) in [5, 5.41) is 12.3. The van der Waals surface area contributed by atoms with E-state index in [-0.39, 0.29) is 11.5 Å². The molecule has 1 aliphatic rings. The second-order valence-corrected chi connectivity index (χ2v) is 5.17. The normalized spacial score (nSPS) is 21.3. The van der Waals surface area contributed by atoms with Crippen molar-refractivity contribution in [3.63, 3.8) is 0 Å². The van der Waals surface area contributed by atoms with Crippen molar-refractivity contribution in [2.45, 2.75) is 45.8 Å². The molecular formula is C11H21NO3. The summed E-state index contributed by atoms with van der Waals surface area (Å²) in [6.07, 6.45) is 1.19. The van der Waals surface area contributed by atoms with Crippen LogP contribution in [0.2, 0.25) is 0 Å². The minimum Gasteiger partial charge on any atom is -0.479 e. The monoisotopic (exact) mass is 215 g/mol. The summed E-state index contributed by atoms with van der Waals surface area (Å²) in [4.78, 5) is 11.1. The first-order valence-electron chi connectivity index (χ1n) is 5.50. The summed E-state index contributed by atoms with van der Waals surface area (Å²) in [7, 11) is 0. The number of carbonyl (C=O) groups is 1. The molecule has 2 N–H and O–H groups in total. The maximum atomic E-state index is 11.1. The van der Waals surface area contributed by atoms with Gasteiger partial charge in [-0.25, -0.2) is 4.79 Å². The van der Waals surface area contributed by atoms with Gasteiger partial charge in [-0.3, -0.25) is 0 Å². The van der Waals surface area contributed by atoms with E-state index >= 15 is 0 Å². The van der Waals surface area contributed by atoms with E-state index in [1.54, 1.807) is 0 Å². The van der Waals surface area contributed by atoms with Gasteiger partial charge in [0.1, 0.15) is 0 Å². The first-order valence-corrected chi connectivity index (χ1v) is 5.50. The van der Waals surface area contributed by atoms with Crippen molar-refractivity contribution in [3.8, 4) is 0 Å². The van der Waals surface area contributed by atoms with E-state index in [0.717, 1.165) is 25.9 Å². The summed E-state index contributed by atoms with van der Waals surface area (Å²) in [5.41, 5.74) is -0.350. The van der Waals surface area contributed by atoms with Crippen LogP contribution in [-0.2, 0) is 9.53 Å². The molecule has 0 spiro atoms. The summed E-state index contributed by atoms with van der Waals surface area (Å²) < 4.78 is 5.68. The highest BCUT2D eigenvalue weighted by molar-refractivity contribution is 5.73. The zero-order valence-corrected chi connectivity index (χ0v) is 9.75. The Balaban J connectivity index is 2.54. The zero-order valence-electron chi connectivity index (χ0n) is 9.75. The molecule has 1 atom stereocenters. The SMILES string of the molecule is CC(C)(C)C(OC1CCNCC1)C(=O)O. The van der Waals surface area contributed by atoms with Crippen LogP contribution >= 0.6 is 0 Å². The molecule has 88 valence electrons. The number of hydrogen-bond donors (Lipinski definition) is 2. The first-order chi connectivity index (χ1) is 6.91. The lowest BCUT2D eigenvalue weighted by atomic mass is 9.88. The molecule has 0 radical (unpaired) electrons. The fraction of sp³-hybridized carbons (Fsp3) is 0.909. The van der Waals surface area contributed by atoms with Crippen LogP contribution in [0.25, 0.3) is 0 Å². The van der Waals surface area contributed by atoms with Crippen LogP contribution in [0.3, 0.4) is 0 Å². The molecule has 1 rings (SSSR count). The van der Waals surface area contributed by atoms with Crippen LogP contribution in [0, 0.1) is 5.41 Å². The van der Waals surface area contributed by atoms with Gasteiger partial charge < -0.3 is 15.2 Å². The van der Waals surface area contributed by atoms with Gasteiger partial charge in [-0.15, -0.1) is 0 Å². The first kappa shape index (κ1) is 12.5. The predicted molar refractivity (Wildman–Crippen MR) is 57.9 cm³/mol. The summed E-state index contributed by atoms with van der Waals surface area (Å²) in [5.74, 6) is -0.860. The standard InChI is InChI=1S/C11H21NO3/c1-11(2,3)9(10(13)14)15-8-4-6-12-7-5-8/h8-9,12H,4-7H2,1-3H3,(H,13,14). The molecule has 0 aromatic rings. The summed E-state index contributed by atoms with van der Waals surface area (Å²) >= 11 is 0. The second-order valence-electron chi connectivity index (χ2n) is 5.17. The van der Waals surface area contributed by atoms with Crippen LogP contribution in [-0.4, -0.2) is 36.4 Å². The van der Waals surface area contributed by atoms with Crippen molar-refractivity contribution in [3.05, 3.63) is 0 Å². The number of hydrogen-bond acceptors (Lipinski definition) is 3. The lowest BCUT2D eigenvalue weighted by molar-refractivity contribution is -0.165. The number of piperidine rings is 1. The molecule has 0 aliphatic carbocycles. The van der Waals surface area contributed by atoms with E-state index in [4.69, 9.17) is 9.84 Å². The molecule has 0 amide bonds. The zero-order chi connectivity index (χ0) is 11.5. The Morgan fingerprint density at radius 1 is 1.40 bits per heavy atom. The van der Waals surface area contributed by atoms with Crippen LogP contribution in [0.5, 0.6) is 0 Å². The quantitative estimate of drug-likeness (QED) is 0.744. The van der Waals surface area contributed by atoms with Crippen LogP contribution in [0.1, 0.15) is 33.6 Å². The lowest BCUT2D eigenvalue weighted by Crippen LogP contribution is -2.42. The van der Waals surface area contributed by atoms with Gasteiger partial charge in [0.2, 0.25) is 0 Å². The molecule has 1 unspecified atom stereocenters. The third kappa shape index (κ3) is 3.80. The third-order valence-electron chi connectivity index (χ3n) is 2.63. The number of rotatable bonds is 3. The second kappa shape index (κ2) is 4.94. The molecular weight excluding hydrogens is 194 g/mol. The molecule has 0 saturated carbocycles. The summed E-state index contributed by atoms with van der Waals surface area (Å²) in [6.45, 7) is 7.52. The Labute approximate surface area is 91.0 Å². The molecule has 1 saturated heterocycles. The predicted octanol–water partition coefficient (Wildman–Crippen LogP) is 1.25. The molecule has 4 heteroatoms. The maximum absolute atomic E-state index is 11.1. The highest BCUT2D eigenvalue weighted by Gasteiger charge is 2.34. The average molecular weight is 215 g/mol. The van der Waals surface area contributed by atoms with Gasteiger partial charge in [0.05, 0.1) is 6.10 Å². The fourth-order valence-corrected chi connectivity index (χ4v) is 1.76. The average Bonchev–Trinajstić information content (AvgIpc) is 2.13. The van der Waals surface area contributed by atoms with E-state index in [0.29, 0.717) is 0 Å². The van der Waals surface area contributed by atoms with E-state index in [1.165, 1.54) is 0 Å². The molecule has 1 heterocycles.